The minimum atomic E-state index is -5.08. The van der Waals surface area contributed by atoms with Crippen LogP contribution in [0.25, 0.3) is 0 Å². The summed E-state index contributed by atoms with van der Waals surface area (Å²) in [7, 11) is 0. The number of aliphatic carboxylic acids is 1. The molecule has 0 aromatic carbocycles. The molecule has 1 saturated heterocycles. The molecule has 1 aliphatic rings. The van der Waals surface area contributed by atoms with Crippen molar-refractivity contribution >= 4 is 11.8 Å². The van der Waals surface area contributed by atoms with E-state index in [1.807, 2.05) is 0 Å². The van der Waals surface area contributed by atoms with Crippen LogP contribution in [0.5, 0.6) is 0 Å². The maximum atomic E-state index is 13.0. The fourth-order valence-corrected chi connectivity index (χ4v) is 2.28. The van der Waals surface area contributed by atoms with Crippen LogP contribution < -0.4 is 10.2 Å². The molecule has 27 heavy (non-hydrogen) atoms. The van der Waals surface area contributed by atoms with Crippen LogP contribution in [0.3, 0.4) is 0 Å². The number of nitrogens with one attached hydrogen (secondary N) is 1. The SMILES string of the molecule is CC(C)(C)C1CN(c2nccnc2C(F)(F)F)CCN1.O=C(O)C(F)(F)F. The number of nitrogens with zero attached hydrogens (tertiary/aromatic N) is 3. The third-order valence-corrected chi connectivity index (χ3v) is 3.71. The van der Waals surface area contributed by atoms with Gasteiger partial charge in [-0.2, -0.15) is 26.3 Å². The van der Waals surface area contributed by atoms with Gasteiger partial charge in [-0.3, -0.25) is 0 Å². The minimum Gasteiger partial charge on any atom is -0.475 e. The Kier molecular flexibility index (Phi) is 7.03. The van der Waals surface area contributed by atoms with Crippen LogP contribution in [0.4, 0.5) is 32.2 Å². The smallest absolute Gasteiger partial charge is 0.475 e. The van der Waals surface area contributed by atoms with Gasteiger partial charge in [0.05, 0.1) is 0 Å². The van der Waals surface area contributed by atoms with Crippen molar-refractivity contribution in [1.29, 1.82) is 0 Å². The van der Waals surface area contributed by atoms with E-state index in [-0.39, 0.29) is 17.3 Å². The Morgan fingerprint density at radius 1 is 1.15 bits per heavy atom. The van der Waals surface area contributed by atoms with Gasteiger partial charge in [0.15, 0.2) is 11.5 Å². The van der Waals surface area contributed by atoms with E-state index in [0.29, 0.717) is 19.6 Å². The van der Waals surface area contributed by atoms with Crippen LogP contribution in [-0.2, 0) is 11.0 Å². The second-order valence-corrected chi connectivity index (χ2v) is 6.85. The molecule has 6 nitrogen and oxygen atoms in total. The van der Waals surface area contributed by atoms with Crippen LogP contribution >= 0.6 is 0 Å². The molecule has 154 valence electrons. The number of halogens is 6. The number of carboxylic acid groups (broad SMARTS) is 1. The Balaban J connectivity index is 0.000000445. The van der Waals surface area contributed by atoms with Crippen molar-refractivity contribution in [2.45, 2.75) is 39.2 Å². The maximum Gasteiger partial charge on any atom is 0.490 e. The van der Waals surface area contributed by atoms with Crippen LogP contribution in [0.15, 0.2) is 12.4 Å². The Hall–Kier alpha value is -2.11. The number of aromatic nitrogens is 2. The summed E-state index contributed by atoms with van der Waals surface area (Å²) in [4.78, 5) is 17.9. The fourth-order valence-electron chi connectivity index (χ4n) is 2.28. The number of rotatable bonds is 1. The molecule has 2 N–H and O–H groups in total. The van der Waals surface area contributed by atoms with Crippen molar-refractivity contribution in [2.75, 3.05) is 24.5 Å². The second kappa shape index (κ2) is 8.28. The van der Waals surface area contributed by atoms with Crippen LogP contribution in [0.1, 0.15) is 26.5 Å². The van der Waals surface area contributed by atoms with E-state index in [9.17, 15) is 26.3 Å². The molecule has 12 heteroatoms. The summed E-state index contributed by atoms with van der Waals surface area (Å²) in [6.07, 6.45) is -7.18. The Bertz CT molecular complexity index is 642. The standard InChI is InChI=1S/C13H19F3N4.C2HF3O2/c1-12(2,3)9-8-20(7-6-17-9)11-10(13(14,15)16)18-4-5-19-11;3-2(4,5)1(6)7/h4-5,9,17H,6-8H2,1-3H3;(H,6,7). The summed E-state index contributed by atoms with van der Waals surface area (Å²) in [5.41, 5.74) is -0.936. The molecule has 0 spiro atoms. The molecule has 0 saturated carbocycles. The Labute approximate surface area is 151 Å². The number of anilines is 1. The number of carboxylic acids is 1. The summed E-state index contributed by atoms with van der Waals surface area (Å²) in [5.74, 6) is -2.83. The summed E-state index contributed by atoms with van der Waals surface area (Å²) >= 11 is 0. The topological polar surface area (TPSA) is 78.4 Å². The van der Waals surface area contributed by atoms with Gasteiger partial charge < -0.3 is 15.3 Å². The molecule has 0 bridgehead atoms. The molecule has 1 aromatic rings. The van der Waals surface area contributed by atoms with E-state index >= 15 is 0 Å². The highest BCUT2D eigenvalue weighted by atomic mass is 19.4. The van der Waals surface area contributed by atoms with E-state index in [0.717, 1.165) is 6.20 Å². The lowest BCUT2D eigenvalue weighted by molar-refractivity contribution is -0.192. The summed E-state index contributed by atoms with van der Waals surface area (Å²) in [6.45, 7) is 7.82. The number of hydrogen-bond donors (Lipinski definition) is 2. The van der Waals surface area contributed by atoms with E-state index < -0.39 is 24.0 Å². The van der Waals surface area contributed by atoms with Gasteiger partial charge in [-0.05, 0) is 5.41 Å². The Morgan fingerprint density at radius 2 is 1.67 bits per heavy atom. The van der Waals surface area contributed by atoms with Crippen molar-refractivity contribution in [2.24, 2.45) is 5.41 Å². The van der Waals surface area contributed by atoms with E-state index in [1.54, 1.807) is 4.90 Å². The summed E-state index contributed by atoms with van der Waals surface area (Å²) in [5, 5.41) is 10.5. The zero-order chi connectivity index (χ0) is 21.0. The normalized spacial score (nSPS) is 18.6. The highest BCUT2D eigenvalue weighted by Gasteiger charge is 2.40. The van der Waals surface area contributed by atoms with Gasteiger partial charge in [0.25, 0.3) is 0 Å². The first-order valence-electron chi connectivity index (χ1n) is 7.80. The lowest BCUT2D eigenvalue weighted by atomic mass is 9.85. The van der Waals surface area contributed by atoms with Crippen molar-refractivity contribution in [3.05, 3.63) is 18.1 Å². The van der Waals surface area contributed by atoms with E-state index in [2.05, 4.69) is 36.1 Å². The van der Waals surface area contributed by atoms with Crippen LogP contribution in [0.2, 0.25) is 0 Å². The van der Waals surface area contributed by atoms with Gasteiger partial charge in [-0.25, -0.2) is 14.8 Å². The molecule has 2 heterocycles. The molecule has 2 rings (SSSR count). The first-order valence-corrected chi connectivity index (χ1v) is 7.80. The number of carbonyl (C=O) groups is 1. The molecule has 1 aliphatic heterocycles. The molecule has 0 amide bonds. The van der Waals surface area contributed by atoms with Crippen LogP contribution in [-0.4, -0.2) is 52.9 Å². The first kappa shape index (κ1) is 22.9. The fraction of sp³-hybridized carbons (Fsp3) is 0.667. The zero-order valence-electron chi connectivity index (χ0n) is 14.8. The molecular weight excluding hydrogens is 382 g/mol. The third kappa shape index (κ3) is 6.85. The van der Waals surface area contributed by atoms with Crippen molar-refractivity contribution in [3.8, 4) is 0 Å². The summed E-state index contributed by atoms with van der Waals surface area (Å²) in [6, 6.07) is 0.110. The van der Waals surface area contributed by atoms with Gasteiger partial charge in [0.1, 0.15) is 0 Å². The van der Waals surface area contributed by atoms with Crippen LogP contribution in [0, 0.1) is 5.41 Å². The number of hydrogen-bond acceptors (Lipinski definition) is 5. The van der Waals surface area contributed by atoms with Crippen molar-refractivity contribution < 1.29 is 36.2 Å². The first-order chi connectivity index (χ1) is 12.1. The van der Waals surface area contributed by atoms with Gasteiger partial charge in [0.2, 0.25) is 0 Å². The van der Waals surface area contributed by atoms with Crippen molar-refractivity contribution in [1.82, 2.24) is 15.3 Å². The molecule has 0 radical (unpaired) electrons. The molecule has 1 fully saturated rings. The molecule has 1 unspecified atom stereocenters. The molecule has 1 aromatic heterocycles. The lowest BCUT2D eigenvalue weighted by Gasteiger charge is -2.41. The maximum absolute atomic E-state index is 13.0. The number of piperazine rings is 1. The Morgan fingerprint density at radius 3 is 2.11 bits per heavy atom. The van der Waals surface area contributed by atoms with E-state index in [4.69, 9.17) is 9.90 Å². The average Bonchev–Trinajstić information content (AvgIpc) is 2.53. The quantitative estimate of drug-likeness (QED) is 0.704. The summed E-state index contributed by atoms with van der Waals surface area (Å²) < 4.78 is 70.7. The lowest BCUT2D eigenvalue weighted by Crippen LogP contribution is -2.56. The third-order valence-electron chi connectivity index (χ3n) is 3.71. The minimum absolute atomic E-state index is 0.0285. The molecular formula is C15H20F6N4O2. The highest BCUT2D eigenvalue weighted by Crippen LogP contribution is 2.34. The van der Waals surface area contributed by atoms with Gasteiger partial charge in [0, 0.05) is 38.1 Å². The monoisotopic (exact) mass is 402 g/mol. The van der Waals surface area contributed by atoms with Gasteiger partial charge >= 0.3 is 18.3 Å². The molecule has 0 aliphatic carbocycles. The average molecular weight is 402 g/mol. The predicted molar refractivity (Wildman–Crippen MR) is 84.2 cm³/mol. The van der Waals surface area contributed by atoms with Gasteiger partial charge in [-0.15, -0.1) is 0 Å². The zero-order valence-corrected chi connectivity index (χ0v) is 14.8. The van der Waals surface area contributed by atoms with Crippen molar-refractivity contribution in [3.63, 3.8) is 0 Å². The predicted octanol–water partition coefficient (Wildman–Crippen LogP) is 2.95. The molecule has 1 atom stereocenters. The van der Waals surface area contributed by atoms with Gasteiger partial charge in [-0.1, -0.05) is 20.8 Å². The highest BCUT2D eigenvalue weighted by molar-refractivity contribution is 5.73. The second-order valence-electron chi connectivity index (χ2n) is 6.85. The number of alkyl halides is 6. The largest absolute Gasteiger partial charge is 0.490 e. The van der Waals surface area contributed by atoms with E-state index in [1.165, 1.54) is 6.20 Å².